The molecule has 0 aromatic heterocycles. The predicted molar refractivity (Wildman–Crippen MR) is 111 cm³/mol. The number of carbonyl (C=O) groups excluding carboxylic acids is 2. The van der Waals surface area contributed by atoms with Gasteiger partial charge in [0.25, 0.3) is 0 Å². The van der Waals surface area contributed by atoms with Crippen LogP contribution < -0.4 is 16.0 Å². The van der Waals surface area contributed by atoms with E-state index >= 15 is 0 Å². The molecule has 0 bridgehead atoms. The lowest BCUT2D eigenvalue weighted by Crippen LogP contribution is -2.50. The molecule has 0 aliphatic heterocycles. The number of nitrogens with one attached hydrogen (secondary N) is 3. The minimum absolute atomic E-state index is 0.0797. The van der Waals surface area contributed by atoms with Gasteiger partial charge in [0.1, 0.15) is 24.3 Å². The van der Waals surface area contributed by atoms with Crippen molar-refractivity contribution in [3.63, 3.8) is 0 Å². The van der Waals surface area contributed by atoms with Crippen LogP contribution in [0.4, 0.5) is 13.6 Å². The maximum absolute atomic E-state index is 13.4. The zero-order chi connectivity index (χ0) is 22.9. The average Bonchev–Trinajstić information content (AvgIpc) is 2.71. The molecule has 1 rings (SSSR count). The Labute approximate surface area is 176 Å². The molecule has 0 aliphatic carbocycles. The molecule has 2 amide bonds. The highest BCUT2D eigenvalue weighted by Crippen LogP contribution is 2.12. The predicted octanol–water partition coefficient (Wildman–Crippen LogP) is 2.00. The number of methoxy groups -OCH3 is 1. The van der Waals surface area contributed by atoms with Gasteiger partial charge in [-0.3, -0.25) is 4.79 Å². The first-order valence-corrected chi connectivity index (χ1v) is 9.55. The van der Waals surface area contributed by atoms with E-state index in [1.54, 1.807) is 14.0 Å². The minimum atomic E-state index is -0.781. The number of terminal acetylenes is 1. The van der Waals surface area contributed by atoms with Crippen LogP contribution in [0.3, 0.4) is 0 Å². The summed E-state index contributed by atoms with van der Waals surface area (Å²) in [4.78, 5) is 24.3. The lowest BCUT2D eigenvalue weighted by Gasteiger charge is -2.23. The number of hydrogen-bond acceptors (Lipinski definition) is 5. The van der Waals surface area contributed by atoms with Crippen LogP contribution in [-0.2, 0) is 20.7 Å². The van der Waals surface area contributed by atoms with Crippen LogP contribution in [-0.4, -0.2) is 58.0 Å². The van der Waals surface area contributed by atoms with E-state index in [1.807, 2.05) is 0 Å². The Morgan fingerprint density at radius 1 is 1.10 bits per heavy atom. The SMILES string of the molecule is C#C.CC[C@@H](NC(=O)OCCOC)C(=O)N[C@H](CCNC)Cc1cc(F)cc(F)c1. The zero-order valence-corrected chi connectivity index (χ0v) is 17.7. The summed E-state index contributed by atoms with van der Waals surface area (Å²) in [6, 6.07) is 2.14. The number of hydrogen-bond donors (Lipinski definition) is 3. The Balaban J connectivity index is 0.00000407. The summed E-state index contributed by atoms with van der Waals surface area (Å²) in [6.45, 7) is 2.69. The summed E-state index contributed by atoms with van der Waals surface area (Å²) in [5, 5.41) is 8.33. The van der Waals surface area contributed by atoms with Gasteiger partial charge >= 0.3 is 6.09 Å². The van der Waals surface area contributed by atoms with Crippen LogP contribution in [0.1, 0.15) is 25.3 Å². The summed E-state index contributed by atoms with van der Waals surface area (Å²) >= 11 is 0. The van der Waals surface area contributed by atoms with Crippen LogP contribution in [0.5, 0.6) is 0 Å². The van der Waals surface area contributed by atoms with Gasteiger partial charge in [-0.25, -0.2) is 13.6 Å². The highest BCUT2D eigenvalue weighted by Gasteiger charge is 2.22. The summed E-state index contributed by atoms with van der Waals surface area (Å²) < 4.78 is 36.6. The third-order valence-corrected chi connectivity index (χ3v) is 4.03. The van der Waals surface area contributed by atoms with Crippen LogP contribution in [0.15, 0.2) is 18.2 Å². The Hall–Kier alpha value is -2.70. The molecule has 7 nitrogen and oxygen atoms in total. The van der Waals surface area contributed by atoms with Crippen molar-refractivity contribution in [2.75, 3.05) is 33.9 Å². The molecular weight excluding hydrogens is 396 g/mol. The van der Waals surface area contributed by atoms with Crippen molar-refractivity contribution in [1.29, 1.82) is 0 Å². The monoisotopic (exact) mass is 427 g/mol. The smallest absolute Gasteiger partial charge is 0.407 e. The van der Waals surface area contributed by atoms with Crippen LogP contribution in [0.2, 0.25) is 0 Å². The van der Waals surface area contributed by atoms with E-state index in [1.165, 1.54) is 19.2 Å². The van der Waals surface area contributed by atoms with Crippen LogP contribution in [0.25, 0.3) is 0 Å². The highest BCUT2D eigenvalue weighted by atomic mass is 19.1. The van der Waals surface area contributed by atoms with E-state index in [4.69, 9.17) is 9.47 Å². The second kappa shape index (κ2) is 16.1. The molecule has 0 spiro atoms. The molecule has 0 unspecified atom stereocenters. The fourth-order valence-electron chi connectivity index (χ4n) is 2.61. The molecule has 0 saturated carbocycles. The lowest BCUT2D eigenvalue weighted by molar-refractivity contribution is -0.123. The van der Waals surface area contributed by atoms with Gasteiger partial charge in [-0.15, -0.1) is 12.8 Å². The normalized spacial score (nSPS) is 12.1. The third kappa shape index (κ3) is 11.3. The van der Waals surface area contributed by atoms with Gasteiger partial charge in [0.05, 0.1) is 6.61 Å². The van der Waals surface area contributed by atoms with Crippen molar-refractivity contribution in [1.82, 2.24) is 16.0 Å². The van der Waals surface area contributed by atoms with Crippen LogP contribution in [0, 0.1) is 24.5 Å². The Kier molecular flexibility index (Phi) is 14.7. The largest absolute Gasteiger partial charge is 0.447 e. The third-order valence-electron chi connectivity index (χ3n) is 4.03. The number of halogens is 2. The first kappa shape index (κ1) is 27.3. The van der Waals surface area contributed by atoms with Crippen molar-refractivity contribution in [2.45, 2.75) is 38.3 Å². The standard InChI is InChI=1S/C19H29F2N3O4.C2H2/c1-4-17(24-19(26)28-8-7-27-3)18(25)23-16(5-6-22-2)11-13-9-14(20)12-15(21)10-13;1-2/h9-10,12,16-17,22H,4-8,11H2,1-3H3,(H,23,25)(H,24,26);1-2H/t16-,17-;/m1./s1. The first-order chi connectivity index (χ1) is 14.4. The lowest BCUT2D eigenvalue weighted by atomic mass is 10.0. The molecule has 0 radical (unpaired) electrons. The van der Waals surface area contributed by atoms with Crippen molar-refractivity contribution in [2.24, 2.45) is 0 Å². The molecular formula is C21H31F2N3O4. The number of carbonyl (C=O) groups is 2. The van der Waals surface area contributed by atoms with E-state index in [2.05, 4.69) is 28.8 Å². The van der Waals surface area contributed by atoms with Gasteiger partial charge in [0, 0.05) is 19.2 Å². The summed E-state index contributed by atoms with van der Waals surface area (Å²) in [7, 11) is 3.26. The summed E-state index contributed by atoms with van der Waals surface area (Å²) in [5.41, 5.74) is 0.443. The van der Waals surface area contributed by atoms with Crippen LogP contribution >= 0.6 is 0 Å². The maximum Gasteiger partial charge on any atom is 0.407 e. The molecule has 2 atom stereocenters. The molecule has 1 aromatic rings. The molecule has 1 aromatic carbocycles. The molecule has 0 fully saturated rings. The van der Waals surface area contributed by atoms with E-state index < -0.39 is 23.8 Å². The van der Waals surface area contributed by atoms with Gasteiger partial charge < -0.3 is 25.4 Å². The van der Waals surface area contributed by atoms with Gasteiger partial charge in [-0.2, -0.15) is 0 Å². The highest BCUT2D eigenvalue weighted by molar-refractivity contribution is 5.85. The topological polar surface area (TPSA) is 88.7 Å². The quantitative estimate of drug-likeness (QED) is 0.351. The average molecular weight is 427 g/mol. The number of rotatable bonds is 12. The molecule has 0 aliphatic rings. The Morgan fingerprint density at radius 2 is 1.73 bits per heavy atom. The van der Waals surface area contributed by atoms with E-state index in [9.17, 15) is 18.4 Å². The molecule has 3 N–H and O–H groups in total. The number of benzene rings is 1. The molecule has 168 valence electrons. The van der Waals surface area contributed by atoms with Crippen molar-refractivity contribution < 1.29 is 27.8 Å². The molecule has 0 saturated heterocycles. The van der Waals surface area contributed by atoms with E-state index in [0.717, 1.165) is 6.07 Å². The number of ether oxygens (including phenoxy) is 2. The van der Waals surface area contributed by atoms with Gasteiger partial charge in [0.15, 0.2) is 0 Å². The van der Waals surface area contributed by atoms with E-state index in [-0.39, 0.29) is 31.6 Å². The second-order valence-electron chi connectivity index (χ2n) is 6.31. The van der Waals surface area contributed by atoms with Gasteiger partial charge in [-0.1, -0.05) is 6.92 Å². The minimum Gasteiger partial charge on any atom is -0.447 e. The van der Waals surface area contributed by atoms with E-state index in [0.29, 0.717) is 24.9 Å². The fraction of sp³-hybridized carbons (Fsp3) is 0.524. The number of alkyl carbamates (subject to hydrolysis) is 1. The molecule has 0 heterocycles. The zero-order valence-electron chi connectivity index (χ0n) is 17.7. The van der Waals surface area contributed by atoms with Gasteiger partial charge in [-0.05, 0) is 50.6 Å². The summed E-state index contributed by atoms with van der Waals surface area (Å²) in [5.74, 6) is -1.72. The van der Waals surface area contributed by atoms with Crippen molar-refractivity contribution in [3.05, 3.63) is 35.4 Å². The first-order valence-electron chi connectivity index (χ1n) is 9.55. The molecule has 9 heteroatoms. The second-order valence-corrected chi connectivity index (χ2v) is 6.31. The van der Waals surface area contributed by atoms with Crippen molar-refractivity contribution in [3.8, 4) is 12.8 Å². The van der Waals surface area contributed by atoms with Crippen molar-refractivity contribution >= 4 is 12.0 Å². The maximum atomic E-state index is 13.4. The van der Waals surface area contributed by atoms with Gasteiger partial charge in [0.2, 0.25) is 5.91 Å². The summed E-state index contributed by atoms with van der Waals surface area (Å²) in [6.07, 6.45) is 8.46. The molecule has 30 heavy (non-hydrogen) atoms. The Bertz CT molecular complexity index is 651. The fourth-order valence-corrected chi connectivity index (χ4v) is 2.61. The number of amides is 2. The Morgan fingerprint density at radius 3 is 2.27 bits per heavy atom.